The third kappa shape index (κ3) is 4.82. The van der Waals surface area contributed by atoms with Gasteiger partial charge in [-0.05, 0) is 24.3 Å². The minimum atomic E-state index is -0.562. The Morgan fingerprint density at radius 1 is 0.929 bits per heavy atom. The molecule has 142 valence electrons. The summed E-state index contributed by atoms with van der Waals surface area (Å²) in [6, 6.07) is 18.3. The number of aryl methyl sites for hydroxylation is 1. The second-order valence-corrected chi connectivity index (χ2v) is 5.94. The normalized spacial score (nSPS) is 10.3. The van der Waals surface area contributed by atoms with Crippen LogP contribution in [0.25, 0.3) is 11.3 Å². The van der Waals surface area contributed by atoms with Gasteiger partial charge in [0.1, 0.15) is 11.5 Å². The van der Waals surface area contributed by atoms with E-state index in [1.807, 2.05) is 42.5 Å². The van der Waals surface area contributed by atoms with Gasteiger partial charge in [0, 0.05) is 36.1 Å². The highest BCUT2D eigenvalue weighted by atomic mass is 16.6. The van der Waals surface area contributed by atoms with E-state index in [-0.39, 0.29) is 23.6 Å². The quantitative estimate of drug-likeness (QED) is 0.504. The number of nitro benzene ring substituents is 1. The van der Waals surface area contributed by atoms with Crippen LogP contribution in [0.1, 0.15) is 22.5 Å². The maximum absolute atomic E-state index is 12.0. The highest BCUT2D eigenvalue weighted by molar-refractivity contribution is 5.95. The van der Waals surface area contributed by atoms with E-state index >= 15 is 0 Å². The second kappa shape index (κ2) is 8.63. The molecular weight excluding hydrogens is 362 g/mol. The van der Waals surface area contributed by atoms with Crippen molar-refractivity contribution in [2.45, 2.75) is 12.8 Å². The highest BCUT2D eigenvalue weighted by Gasteiger charge is 2.11. The first kappa shape index (κ1) is 18.8. The van der Waals surface area contributed by atoms with Gasteiger partial charge in [-0.15, -0.1) is 0 Å². The van der Waals surface area contributed by atoms with E-state index in [1.54, 1.807) is 0 Å². The molecule has 1 heterocycles. The Hall–Kier alpha value is -3.94. The van der Waals surface area contributed by atoms with Gasteiger partial charge in [0.2, 0.25) is 5.91 Å². The Morgan fingerprint density at radius 3 is 2.32 bits per heavy atom. The van der Waals surface area contributed by atoms with Crippen molar-refractivity contribution in [3.05, 3.63) is 88.2 Å². The molecule has 3 rings (SSSR count). The summed E-state index contributed by atoms with van der Waals surface area (Å²) >= 11 is 0. The largest absolute Gasteiger partial charge is 0.461 e. The molecule has 0 saturated carbocycles. The monoisotopic (exact) mass is 379 g/mol. The Kier molecular flexibility index (Phi) is 5.81. The Labute approximate surface area is 160 Å². The first-order valence-electron chi connectivity index (χ1n) is 8.51. The fourth-order valence-corrected chi connectivity index (χ4v) is 2.50. The van der Waals surface area contributed by atoms with Crippen molar-refractivity contribution in [3.63, 3.8) is 0 Å². The molecule has 8 nitrogen and oxygen atoms in total. The summed E-state index contributed by atoms with van der Waals surface area (Å²) in [6.45, 7) is 0. The lowest BCUT2D eigenvalue weighted by Crippen LogP contribution is -2.41. The van der Waals surface area contributed by atoms with Crippen molar-refractivity contribution in [2.24, 2.45) is 0 Å². The molecule has 0 aliphatic heterocycles. The van der Waals surface area contributed by atoms with Crippen LogP contribution in [0.3, 0.4) is 0 Å². The van der Waals surface area contributed by atoms with Crippen LogP contribution in [-0.4, -0.2) is 16.7 Å². The molecule has 2 amide bonds. The van der Waals surface area contributed by atoms with Crippen LogP contribution >= 0.6 is 0 Å². The molecule has 8 heteroatoms. The zero-order chi connectivity index (χ0) is 19.9. The number of hydrogen-bond donors (Lipinski definition) is 2. The van der Waals surface area contributed by atoms with Crippen LogP contribution < -0.4 is 10.9 Å². The van der Waals surface area contributed by atoms with Crippen molar-refractivity contribution in [1.82, 2.24) is 10.9 Å². The molecule has 0 atom stereocenters. The van der Waals surface area contributed by atoms with Gasteiger partial charge in [-0.1, -0.05) is 30.3 Å². The lowest BCUT2D eigenvalue weighted by Gasteiger charge is -2.07. The minimum absolute atomic E-state index is 0.117. The zero-order valence-electron chi connectivity index (χ0n) is 14.8. The molecule has 0 fully saturated rings. The van der Waals surface area contributed by atoms with Crippen LogP contribution in [0.4, 0.5) is 5.69 Å². The number of nitro groups is 1. The molecule has 0 unspecified atom stereocenters. The van der Waals surface area contributed by atoms with Crippen molar-refractivity contribution in [3.8, 4) is 11.3 Å². The number of nitrogens with zero attached hydrogens (tertiary/aromatic N) is 1. The van der Waals surface area contributed by atoms with Gasteiger partial charge in [0.15, 0.2) is 0 Å². The average molecular weight is 379 g/mol. The predicted molar refractivity (Wildman–Crippen MR) is 101 cm³/mol. The van der Waals surface area contributed by atoms with Crippen molar-refractivity contribution >= 4 is 17.5 Å². The fourth-order valence-electron chi connectivity index (χ4n) is 2.50. The third-order valence-electron chi connectivity index (χ3n) is 3.97. The van der Waals surface area contributed by atoms with E-state index in [2.05, 4.69) is 10.9 Å². The molecule has 28 heavy (non-hydrogen) atoms. The number of amides is 2. The first-order valence-corrected chi connectivity index (χ1v) is 8.51. The maximum Gasteiger partial charge on any atom is 0.269 e. The average Bonchev–Trinajstić information content (AvgIpc) is 3.20. The summed E-state index contributed by atoms with van der Waals surface area (Å²) in [5, 5.41) is 10.6. The second-order valence-electron chi connectivity index (χ2n) is 5.94. The molecule has 2 aromatic carbocycles. The number of benzene rings is 2. The van der Waals surface area contributed by atoms with E-state index in [0.29, 0.717) is 12.2 Å². The topological polar surface area (TPSA) is 114 Å². The molecule has 0 aliphatic carbocycles. The van der Waals surface area contributed by atoms with E-state index in [4.69, 9.17) is 4.42 Å². The summed E-state index contributed by atoms with van der Waals surface area (Å²) < 4.78 is 5.72. The third-order valence-corrected chi connectivity index (χ3v) is 3.97. The van der Waals surface area contributed by atoms with Gasteiger partial charge < -0.3 is 4.42 Å². The molecule has 0 radical (unpaired) electrons. The molecule has 2 N–H and O–H groups in total. The predicted octanol–water partition coefficient (Wildman–Crippen LogP) is 3.25. The molecule has 0 saturated heterocycles. The molecule has 3 aromatic rings. The maximum atomic E-state index is 12.0. The van der Waals surface area contributed by atoms with Gasteiger partial charge >= 0.3 is 0 Å². The number of rotatable bonds is 6. The van der Waals surface area contributed by atoms with Crippen LogP contribution in [0.5, 0.6) is 0 Å². The van der Waals surface area contributed by atoms with Crippen molar-refractivity contribution in [1.29, 1.82) is 0 Å². The SMILES string of the molecule is O=C(CCc1ccc(-c2ccccc2)o1)NNC(=O)c1ccc([N+](=O)[O-])cc1. The van der Waals surface area contributed by atoms with E-state index < -0.39 is 10.8 Å². The van der Waals surface area contributed by atoms with Gasteiger partial charge in [-0.25, -0.2) is 0 Å². The molecule has 0 spiro atoms. The molecule has 0 bridgehead atoms. The summed E-state index contributed by atoms with van der Waals surface area (Å²) in [4.78, 5) is 33.9. The van der Waals surface area contributed by atoms with Crippen LogP contribution in [0, 0.1) is 10.1 Å². The smallest absolute Gasteiger partial charge is 0.269 e. The van der Waals surface area contributed by atoms with E-state index in [9.17, 15) is 19.7 Å². The van der Waals surface area contributed by atoms with Gasteiger partial charge in [-0.3, -0.25) is 30.6 Å². The number of nitrogens with one attached hydrogen (secondary N) is 2. The molecular formula is C20H17N3O5. The zero-order valence-corrected chi connectivity index (χ0v) is 14.8. The number of carbonyl (C=O) groups excluding carboxylic acids is 2. The number of non-ortho nitro benzene ring substituents is 1. The van der Waals surface area contributed by atoms with Crippen LogP contribution in [0.15, 0.2) is 71.1 Å². The number of hydrogen-bond acceptors (Lipinski definition) is 5. The highest BCUT2D eigenvalue weighted by Crippen LogP contribution is 2.22. The minimum Gasteiger partial charge on any atom is -0.461 e. The summed E-state index contributed by atoms with van der Waals surface area (Å²) in [5.74, 6) is 0.443. The Morgan fingerprint density at radius 2 is 1.64 bits per heavy atom. The molecule has 0 aliphatic rings. The Bertz CT molecular complexity index is 981. The Balaban J connectivity index is 1.46. The van der Waals surface area contributed by atoms with Gasteiger partial charge in [0.25, 0.3) is 11.6 Å². The van der Waals surface area contributed by atoms with Crippen LogP contribution in [0.2, 0.25) is 0 Å². The fraction of sp³-hybridized carbons (Fsp3) is 0.100. The molecule has 1 aromatic heterocycles. The van der Waals surface area contributed by atoms with Gasteiger partial charge in [0.05, 0.1) is 4.92 Å². The van der Waals surface area contributed by atoms with Gasteiger partial charge in [-0.2, -0.15) is 0 Å². The number of furan rings is 1. The van der Waals surface area contributed by atoms with E-state index in [0.717, 1.165) is 11.3 Å². The number of carbonyl (C=O) groups is 2. The first-order chi connectivity index (χ1) is 13.5. The van der Waals surface area contributed by atoms with Crippen molar-refractivity contribution < 1.29 is 18.9 Å². The summed E-state index contributed by atoms with van der Waals surface area (Å²) in [7, 11) is 0. The lowest BCUT2D eigenvalue weighted by molar-refractivity contribution is -0.384. The number of hydrazine groups is 1. The van der Waals surface area contributed by atoms with E-state index in [1.165, 1.54) is 24.3 Å². The summed E-state index contributed by atoms with van der Waals surface area (Å²) in [5.41, 5.74) is 5.62. The van der Waals surface area contributed by atoms with Crippen molar-refractivity contribution in [2.75, 3.05) is 0 Å². The standard InChI is InChI=1S/C20H17N3O5/c24-19(21-22-20(25)15-6-8-16(9-7-15)23(26)27)13-11-17-10-12-18(28-17)14-4-2-1-3-5-14/h1-10,12H,11,13H2,(H,21,24)(H,22,25). The lowest BCUT2D eigenvalue weighted by atomic mass is 10.2. The van der Waals surface area contributed by atoms with Crippen LogP contribution in [-0.2, 0) is 11.2 Å². The summed E-state index contributed by atoms with van der Waals surface area (Å²) in [6.07, 6.45) is 0.508.